The van der Waals surface area contributed by atoms with E-state index in [2.05, 4.69) is 33.2 Å². The van der Waals surface area contributed by atoms with Crippen LogP contribution < -0.4 is 11.1 Å². The minimum absolute atomic E-state index is 0.220. The van der Waals surface area contributed by atoms with Crippen LogP contribution in [0.2, 0.25) is 0 Å². The summed E-state index contributed by atoms with van der Waals surface area (Å²) in [6.07, 6.45) is 2.44. The number of aliphatic hydroxyl groups is 1. The number of rotatable bonds is 5. The van der Waals surface area contributed by atoms with Crippen LogP contribution in [0.25, 0.3) is 0 Å². The van der Waals surface area contributed by atoms with E-state index in [1.165, 1.54) is 0 Å². The van der Waals surface area contributed by atoms with Crippen LogP contribution in [0.5, 0.6) is 0 Å². The average molecular weight is 288 g/mol. The van der Waals surface area contributed by atoms with Crippen molar-refractivity contribution in [1.82, 2.24) is 4.98 Å². The zero-order chi connectivity index (χ0) is 12.1. The number of anilines is 2. The number of aliphatic hydroxyl groups excluding tert-OH is 1. The summed E-state index contributed by atoms with van der Waals surface area (Å²) in [6.45, 7) is 5.04. The highest BCUT2D eigenvalue weighted by molar-refractivity contribution is 9.10. The third-order valence-electron chi connectivity index (χ3n) is 2.54. The molecule has 0 aromatic carbocycles. The van der Waals surface area contributed by atoms with Gasteiger partial charge >= 0.3 is 0 Å². The Morgan fingerprint density at radius 2 is 2.31 bits per heavy atom. The van der Waals surface area contributed by atoms with E-state index < -0.39 is 0 Å². The molecule has 0 aliphatic rings. The molecule has 1 aromatic heterocycles. The van der Waals surface area contributed by atoms with Crippen molar-refractivity contribution < 1.29 is 5.11 Å². The molecule has 90 valence electrons. The smallest absolute Gasteiger partial charge is 0.140 e. The van der Waals surface area contributed by atoms with E-state index in [-0.39, 0.29) is 6.61 Å². The number of aromatic nitrogens is 1. The summed E-state index contributed by atoms with van der Waals surface area (Å²) < 4.78 is 0.906. The van der Waals surface area contributed by atoms with Gasteiger partial charge < -0.3 is 16.2 Å². The van der Waals surface area contributed by atoms with Crippen molar-refractivity contribution >= 4 is 27.4 Å². The molecule has 1 atom stereocenters. The molecule has 1 unspecified atom stereocenters. The average Bonchev–Trinajstić information content (AvgIpc) is 2.25. The van der Waals surface area contributed by atoms with E-state index in [0.717, 1.165) is 28.8 Å². The van der Waals surface area contributed by atoms with E-state index >= 15 is 0 Å². The second-order valence-corrected chi connectivity index (χ2v) is 4.79. The molecule has 0 saturated carbocycles. The Morgan fingerprint density at radius 3 is 2.94 bits per heavy atom. The molecule has 0 fully saturated rings. The van der Waals surface area contributed by atoms with Crippen LogP contribution in [0.1, 0.15) is 18.9 Å². The third kappa shape index (κ3) is 3.35. The Bertz CT molecular complexity index is 357. The largest absolute Gasteiger partial charge is 0.397 e. The Hall–Kier alpha value is -0.810. The van der Waals surface area contributed by atoms with Crippen LogP contribution in [0, 0.1) is 12.8 Å². The van der Waals surface area contributed by atoms with Crippen LogP contribution in [0.4, 0.5) is 11.5 Å². The van der Waals surface area contributed by atoms with Gasteiger partial charge in [-0.15, -0.1) is 0 Å². The van der Waals surface area contributed by atoms with Crippen molar-refractivity contribution in [3.05, 3.63) is 16.2 Å². The lowest BCUT2D eigenvalue weighted by molar-refractivity contribution is 0.266. The Morgan fingerprint density at radius 1 is 1.62 bits per heavy atom. The van der Waals surface area contributed by atoms with Crippen LogP contribution in [0.15, 0.2) is 10.7 Å². The first-order chi connectivity index (χ1) is 7.56. The first kappa shape index (κ1) is 13.3. The van der Waals surface area contributed by atoms with Gasteiger partial charge in [0.1, 0.15) is 5.82 Å². The summed E-state index contributed by atoms with van der Waals surface area (Å²) in [7, 11) is 0. The summed E-state index contributed by atoms with van der Waals surface area (Å²) in [5.74, 6) is 1.22. The summed E-state index contributed by atoms with van der Waals surface area (Å²) >= 11 is 3.47. The van der Waals surface area contributed by atoms with E-state index in [4.69, 9.17) is 10.8 Å². The molecule has 1 heterocycles. The van der Waals surface area contributed by atoms with Gasteiger partial charge in [-0.2, -0.15) is 0 Å². The van der Waals surface area contributed by atoms with Gasteiger partial charge in [-0.1, -0.05) is 6.92 Å². The van der Waals surface area contributed by atoms with Gasteiger partial charge in [0.05, 0.1) is 16.4 Å². The Labute approximate surface area is 104 Å². The molecule has 0 radical (unpaired) electrons. The molecule has 5 heteroatoms. The van der Waals surface area contributed by atoms with Gasteiger partial charge in [-0.25, -0.2) is 4.98 Å². The van der Waals surface area contributed by atoms with Gasteiger partial charge in [0.2, 0.25) is 0 Å². The number of nitrogens with one attached hydrogen (secondary N) is 1. The fourth-order valence-corrected chi connectivity index (χ4v) is 1.78. The first-order valence-electron chi connectivity index (χ1n) is 5.31. The Kier molecular flexibility index (Phi) is 5.02. The molecular weight excluding hydrogens is 270 g/mol. The molecule has 16 heavy (non-hydrogen) atoms. The lowest BCUT2D eigenvalue weighted by Gasteiger charge is -2.14. The Balaban J connectivity index is 2.64. The maximum atomic E-state index is 8.80. The SMILES string of the molecule is Cc1c(N)cnc(NCC(C)CCO)c1Br. The zero-order valence-electron chi connectivity index (χ0n) is 9.63. The van der Waals surface area contributed by atoms with E-state index in [1.54, 1.807) is 6.20 Å². The van der Waals surface area contributed by atoms with Crippen LogP contribution >= 0.6 is 15.9 Å². The number of hydrogen-bond donors (Lipinski definition) is 3. The second-order valence-electron chi connectivity index (χ2n) is 4.00. The lowest BCUT2D eigenvalue weighted by Crippen LogP contribution is -2.14. The number of nitrogens with zero attached hydrogens (tertiary/aromatic N) is 1. The first-order valence-corrected chi connectivity index (χ1v) is 6.10. The predicted molar refractivity (Wildman–Crippen MR) is 70.4 cm³/mol. The molecular formula is C11H18BrN3O. The van der Waals surface area contributed by atoms with Crippen molar-refractivity contribution in [2.24, 2.45) is 5.92 Å². The maximum absolute atomic E-state index is 8.80. The van der Waals surface area contributed by atoms with Gasteiger partial charge in [-0.05, 0) is 40.8 Å². The van der Waals surface area contributed by atoms with E-state index in [0.29, 0.717) is 11.6 Å². The molecule has 0 spiro atoms. The van der Waals surface area contributed by atoms with E-state index in [9.17, 15) is 0 Å². The molecule has 0 aliphatic heterocycles. The minimum Gasteiger partial charge on any atom is -0.397 e. The highest BCUT2D eigenvalue weighted by atomic mass is 79.9. The second kappa shape index (κ2) is 6.06. The molecule has 4 nitrogen and oxygen atoms in total. The fraction of sp³-hybridized carbons (Fsp3) is 0.545. The fourth-order valence-electron chi connectivity index (χ4n) is 1.31. The highest BCUT2D eigenvalue weighted by Gasteiger charge is 2.08. The number of nitrogen functional groups attached to an aromatic ring is 1. The number of halogens is 1. The molecule has 0 bridgehead atoms. The summed E-state index contributed by atoms with van der Waals surface area (Å²) in [6, 6.07) is 0. The molecule has 0 saturated heterocycles. The van der Waals surface area contributed by atoms with Crippen LogP contribution in [0.3, 0.4) is 0 Å². The zero-order valence-corrected chi connectivity index (χ0v) is 11.2. The molecule has 1 aromatic rings. The highest BCUT2D eigenvalue weighted by Crippen LogP contribution is 2.27. The van der Waals surface area contributed by atoms with Crippen molar-refractivity contribution in [3.63, 3.8) is 0 Å². The molecule has 4 N–H and O–H groups in total. The standard InChI is InChI=1S/C11H18BrN3O/c1-7(3-4-16)5-14-11-10(12)8(2)9(13)6-15-11/h6-7,16H,3-5,13H2,1-2H3,(H,14,15). The molecule has 0 aliphatic carbocycles. The number of nitrogens with two attached hydrogens (primary N) is 1. The minimum atomic E-state index is 0.220. The van der Waals surface area contributed by atoms with Gasteiger partial charge in [0, 0.05) is 13.2 Å². The summed E-state index contributed by atoms with van der Waals surface area (Å²) in [5, 5.41) is 12.0. The molecule has 0 amide bonds. The predicted octanol–water partition coefficient (Wildman–Crippen LogP) is 2.17. The molecule has 1 rings (SSSR count). The van der Waals surface area contributed by atoms with Gasteiger partial charge in [0.15, 0.2) is 0 Å². The monoisotopic (exact) mass is 287 g/mol. The number of pyridine rings is 1. The van der Waals surface area contributed by atoms with Crippen molar-refractivity contribution in [1.29, 1.82) is 0 Å². The van der Waals surface area contributed by atoms with Crippen molar-refractivity contribution in [3.8, 4) is 0 Å². The summed E-state index contributed by atoms with van der Waals surface area (Å²) in [5.41, 5.74) is 7.41. The van der Waals surface area contributed by atoms with E-state index in [1.807, 2.05) is 6.92 Å². The topological polar surface area (TPSA) is 71.2 Å². The quantitative estimate of drug-likeness (QED) is 0.776. The normalized spacial score (nSPS) is 12.5. The maximum Gasteiger partial charge on any atom is 0.140 e. The van der Waals surface area contributed by atoms with Crippen LogP contribution in [-0.2, 0) is 0 Å². The third-order valence-corrected chi connectivity index (χ3v) is 3.51. The van der Waals surface area contributed by atoms with Gasteiger partial charge in [0.25, 0.3) is 0 Å². The number of hydrogen-bond acceptors (Lipinski definition) is 4. The van der Waals surface area contributed by atoms with Crippen LogP contribution in [-0.4, -0.2) is 23.2 Å². The van der Waals surface area contributed by atoms with Crippen molar-refractivity contribution in [2.45, 2.75) is 20.3 Å². The lowest BCUT2D eigenvalue weighted by atomic mass is 10.1. The summed E-state index contributed by atoms with van der Waals surface area (Å²) in [4.78, 5) is 4.23. The van der Waals surface area contributed by atoms with Gasteiger partial charge in [-0.3, -0.25) is 0 Å². The van der Waals surface area contributed by atoms with Crippen molar-refractivity contribution in [2.75, 3.05) is 24.2 Å².